The third kappa shape index (κ3) is 3.98. The second kappa shape index (κ2) is 6.23. The van der Waals surface area contributed by atoms with Crippen molar-refractivity contribution in [1.29, 1.82) is 0 Å². The second-order valence-corrected chi connectivity index (χ2v) is 4.06. The minimum absolute atomic E-state index is 0.183. The van der Waals surface area contributed by atoms with Gasteiger partial charge in [-0.25, -0.2) is 0 Å². The highest BCUT2D eigenvalue weighted by atomic mass is 32.2. The number of allylic oxidation sites excluding steroid dienone is 1. The van der Waals surface area contributed by atoms with Crippen LogP contribution in [0.2, 0.25) is 0 Å². The van der Waals surface area contributed by atoms with E-state index in [0.717, 1.165) is 10.6 Å². The minimum Gasteiger partial charge on any atom is -0.501 e. The SMILES string of the molecule is CO/C(C)=C\C(=O)Nc1cccc(SC)c1. The van der Waals surface area contributed by atoms with Crippen LogP contribution in [-0.4, -0.2) is 19.3 Å². The first-order valence-corrected chi connectivity index (χ1v) is 6.05. The zero-order valence-electron chi connectivity index (χ0n) is 9.61. The van der Waals surface area contributed by atoms with E-state index >= 15 is 0 Å². The maximum Gasteiger partial charge on any atom is 0.251 e. The molecule has 16 heavy (non-hydrogen) atoms. The number of benzene rings is 1. The van der Waals surface area contributed by atoms with Gasteiger partial charge in [-0.05, 0) is 31.4 Å². The fourth-order valence-electron chi connectivity index (χ4n) is 1.12. The van der Waals surface area contributed by atoms with E-state index in [1.54, 1.807) is 18.7 Å². The maximum atomic E-state index is 11.5. The van der Waals surface area contributed by atoms with E-state index in [9.17, 15) is 4.79 Å². The summed E-state index contributed by atoms with van der Waals surface area (Å²) in [6, 6.07) is 7.69. The summed E-state index contributed by atoms with van der Waals surface area (Å²) >= 11 is 1.64. The fraction of sp³-hybridized carbons (Fsp3) is 0.250. The molecule has 0 saturated carbocycles. The topological polar surface area (TPSA) is 38.3 Å². The van der Waals surface area contributed by atoms with E-state index in [1.165, 1.54) is 13.2 Å². The van der Waals surface area contributed by atoms with Crippen LogP contribution in [-0.2, 0) is 9.53 Å². The van der Waals surface area contributed by atoms with E-state index in [2.05, 4.69) is 5.32 Å². The molecule has 1 amide bonds. The van der Waals surface area contributed by atoms with Crippen LogP contribution in [0.25, 0.3) is 0 Å². The number of methoxy groups -OCH3 is 1. The molecule has 1 aromatic carbocycles. The number of nitrogens with one attached hydrogen (secondary N) is 1. The average Bonchev–Trinajstić information content (AvgIpc) is 2.28. The van der Waals surface area contributed by atoms with Crippen molar-refractivity contribution in [2.45, 2.75) is 11.8 Å². The molecule has 4 heteroatoms. The molecule has 0 aliphatic rings. The third-order valence-corrected chi connectivity index (χ3v) is 2.72. The molecule has 1 aromatic rings. The molecule has 86 valence electrons. The number of carbonyl (C=O) groups excluding carboxylic acids is 1. The molecular formula is C12H15NO2S. The van der Waals surface area contributed by atoms with Crippen molar-refractivity contribution in [1.82, 2.24) is 0 Å². The molecule has 0 aliphatic carbocycles. The molecule has 0 unspecified atom stereocenters. The van der Waals surface area contributed by atoms with Gasteiger partial charge in [0.2, 0.25) is 0 Å². The monoisotopic (exact) mass is 237 g/mol. The van der Waals surface area contributed by atoms with Crippen LogP contribution in [0.15, 0.2) is 41.0 Å². The van der Waals surface area contributed by atoms with Gasteiger partial charge in [-0.15, -0.1) is 11.8 Å². The van der Waals surface area contributed by atoms with Crippen molar-refractivity contribution >= 4 is 23.4 Å². The summed E-state index contributed by atoms with van der Waals surface area (Å²) in [4.78, 5) is 12.6. The second-order valence-electron chi connectivity index (χ2n) is 3.18. The highest BCUT2D eigenvalue weighted by molar-refractivity contribution is 7.98. The third-order valence-electron chi connectivity index (χ3n) is 1.99. The van der Waals surface area contributed by atoms with Crippen LogP contribution in [0.5, 0.6) is 0 Å². The summed E-state index contributed by atoms with van der Waals surface area (Å²) in [6.45, 7) is 1.73. The Morgan fingerprint density at radius 2 is 2.25 bits per heavy atom. The molecule has 0 aromatic heterocycles. The minimum atomic E-state index is -0.183. The molecule has 0 aliphatic heterocycles. The fourth-order valence-corrected chi connectivity index (χ4v) is 1.58. The van der Waals surface area contributed by atoms with Crippen LogP contribution >= 0.6 is 11.8 Å². The van der Waals surface area contributed by atoms with Gasteiger partial charge in [0.05, 0.1) is 12.9 Å². The number of anilines is 1. The zero-order valence-corrected chi connectivity index (χ0v) is 10.4. The van der Waals surface area contributed by atoms with Gasteiger partial charge in [0.25, 0.3) is 5.91 Å². The predicted octanol–water partition coefficient (Wildman–Crippen LogP) is 2.90. The Labute approximate surface area is 99.9 Å². The summed E-state index contributed by atoms with van der Waals surface area (Å²) in [7, 11) is 1.54. The Morgan fingerprint density at radius 1 is 1.50 bits per heavy atom. The number of thioether (sulfide) groups is 1. The number of hydrogen-bond donors (Lipinski definition) is 1. The molecule has 0 bridgehead atoms. The van der Waals surface area contributed by atoms with Crippen molar-refractivity contribution in [2.24, 2.45) is 0 Å². The van der Waals surface area contributed by atoms with Gasteiger partial charge in [-0.3, -0.25) is 4.79 Å². The first-order chi connectivity index (χ1) is 7.65. The van der Waals surface area contributed by atoms with Crippen LogP contribution in [0.3, 0.4) is 0 Å². The highest BCUT2D eigenvalue weighted by Gasteiger charge is 2.00. The molecule has 0 spiro atoms. The number of ether oxygens (including phenoxy) is 1. The van der Waals surface area contributed by atoms with Gasteiger partial charge in [-0.2, -0.15) is 0 Å². The summed E-state index contributed by atoms with van der Waals surface area (Å²) < 4.78 is 4.90. The lowest BCUT2D eigenvalue weighted by atomic mass is 10.3. The van der Waals surface area contributed by atoms with Gasteiger partial charge in [0.15, 0.2) is 0 Å². The molecule has 0 fully saturated rings. The number of carbonyl (C=O) groups is 1. The predicted molar refractivity (Wildman–Crippen MR) is 67.6 cm³/mol. The van der Waals surface area contributed by atoms with Crippen molar-refractivity contribution in [3.63, 3.8) is 0 Å². The zero-order chi connectivity index (χ0) is 12.0. The number of rotatable bonds is 4. The van der Waals surface area contributed by atoms with Crippen molar-refractivity contribution < 1.29 is 9.53 Å². The number of amides is 1. The van der Waals surface area contributed by atoms with E-state index in [-0.39, 0.29) is 5.91 Å². The van der Waals surface area contributed by atoms with Gasteiger partial charge < -0.3 is 10.1 Å². The normalized spacial score (nSPS) is 11.1. The van der Waals surface area contributed by atoms with Crippen LogP contribution in [0.1, 0.15) is 6.92 Å². The number of hydrogen-bond acceptors (Lipinski definition) is 3. The molecule has 0 atom stereocenters. The molecule has 1 rings (SSSR count). The summed E-state index contributed by atoms with van der Waals surface area (Å²) in [6.07, 6.45) is 3.42. The van der Waals surface area contributed by atoms with E-state index < -0.39 is 0 Å². The van der Waals surface area contributed by atoms with Gasteiger partial charge in [-0.1, -0.05) is 6.07 Å². The van der Waals surface area contributed by atoms with Crippen molar-refractivity contribution in [3.8, 4) is 0 Å². The summed E-state index contributed by atoms with van der Waals surface area (Å²) in [5, 5.41) is 2.77. The summed E-state index contributed by atoms with van der Waals surface area (Å²) in [5.74, 6) is 0.399. The lowest BCUT2D eigenvalue weighted by molar-refractivity contribution is -0.112. The van der Waals surface area contributed by atoms with Gasteiger partial charge >= 0.3 is 0 Å². The van der Waals surface area contributed by atoms with E-state index in [4.69, 9.17) is 4.74 Å². The molecule has 1 N–H and O–H groups in total. The van der Waals surface area contributed by atoms with E-state index in [0.29, 0.717) is 5.76 Å². The van der Waals surface area contributed by atoms with Crippen molar-refractivity contribution in [3.05, 3.63) is 36.1 Å². The lowest BCUT2D eigenvalue weighted by Gasteiger charge is -2.04. The summed E-state index contributed by atoms with van der Waals surface area (Å²) in [5.41, 5.74) is 0.789. The van der Waals surface area contributed by atoms with Crippen LogP contribution < -0.4 is 5.32 Å². The largest absolute Gasteiger partial charge is 0.501 e. The van der Waals surface area contributed by atoms with Crippen LogP contribution in [0.4, 0.5) is 5.69 Å². The Morgan fingerprint density at radius 3 is 2.88 bits per heavy atom. The average molecular weight is 237 g/mol. The van der Waals surface area contributed by atoms with Crippen LogP contribution in [0, 0.1) is 0 Å². The van der Waals surface area contributed by atoms with Gasteiger partial charge in [0.1, 0.15) is 0 Å². The first kappa shape index (κ1) is 12.6. The quantitative estimate of drug-likeness (QED) is 0.497. The van der Waals surface area contributed by atoms with Crippen molar-refractivity contribution in [2.75, 3.05) is 18.7 Å². The Kier molecular flexibility index (Phi) is 4.92. The maximum absolute atomic E-state index is 11.5. The standard InChI is InChI=1S/C12H15NO2S/c1-9(15-2)7-12(14)13-10-5-4-6-11(8-10)16-3/h4-8H,1-3H3,(H,13,14)/b9-7-. The Balaban J connectivity index is 2.69. The van der Waals surface area contributed by atoms with E-state index in [1.807, 2.05) is 30.5 Å². The molecule has 0 radical (unpaired) electrons. The molecule has 3 nitrogen and oxygen atoms in total. The Bertz CT molecular complexity index is 402. The Hall–Kier alpha value is -1.42. The smallest absolute Gasteiger partial charge is 0.251 e. The molecular weight excluding hydrogens is 222 g/mol. The molecule has 0 heterocycles. The molecule has 0 saturated heterocycles. The lowest BCUT2D eigenvalue weighted by Crippen LogP contribution is -2.08. The first-order valence-electron chi connectivity index (χ1n) is 4.83. The van der Waals surface area contributed by atoms with Gasteiger partial charge in [0, 0.05) is 16.7 Å². The highest BCUT2D eigenvalue weighted by Crippen LogP contribution is 2.18.